The van der Waals surface area contributed by atoms with Crippen LogP contribution < -0.4 is 9.47 Å². The van der Waals surface area contributed by atoms with E-state index in [1.54, 1.807) is 0 Å². The predicted molar refractivity (Wildman–Crippen MR) is 157 cm³/mol. The number of hydrogen-bond acceptors (Lipinski definition) is 10. The van der Waals surface area contributed by atoms with Gasteiger partial charge in [0.05, 0.1) is 0 Å². The number of aromatic amines is 2. The number of phenolic OH excluding ortho intramolecular Hbond substituents is 2. The number of nitrogens with zero attached hydrogens (tertiary/aromatic N) is 6. The maximum Gasteiger partial charge on any atom is 0.211 e. The molecule has 0 saturated heterocycles. The van der Waals surface area contributed by atoms with Crippen molar-refractivity contribution in [3.8, 4) is 23.0 Å². The Bertz CT molecular complexity index is 1680. The number of aromatic hydroxyl groups is 2. The molecule has 0 radical (unpaired) electrons. The highest BCUT2D eigenvalue weighted by Crippen LogP contribution is 2.38. The zero-order chi connectivity index (χ0) is 29.9. The van der Waals surface area contributed by atoms with E-state index in [0.717, 1.165) is 44.5 Å². The van der Waals surface area contributed by atoms with Gasteiger partial charge in [-0.1, -0.05) is 83.2 Å². The highest BCUT2D eigenvalue weighted by atomic mass is 16.5. The molecule has 2 aromatic heterocycles. The molecule has 0 spiro atoms. The Hall–Kier alpha value is -5.78. The molecule has 4 N–H and O–H groups in total. The van der Waals surface area contributed by atoms with Crippen LogP contribution in [0.3, 0.4) is 0 Å². The molecule has 0 atom stereocenters. The number of para-hydroxylation sites is 4. The monoisotopic (exact) mass is 588 g/mol. The number of tetrazole rings is 2. The first-order valence-electron chi connectivity index (χ1n) is 14.1. The van der Waals surface area contributed by atoms with Crippen molar-refractivity contribution < 1.29 is 19.7 Å². The van der Waals surface area contributed by atoms with Crippen LogP contribution in [0.15, 0.2) is 72.8 Å². The molecular weight excluding hydrogens is 560 g/mol. The highest BCUT2D eigenvalue weighted by Gasteiger charge is 2.20. The van der Waals surface area contributed by atoms with Crippen LogP contribution >= 0.6 is 0 Å². The average Bonchev–Trinajstić information content (AvgIpc) is 3.75. The van der Waals surface area contributed by atoms with E-state index in [0.29, 0.717) is 48.8 Å². The van der Waals surface area contributed by atoms with Crippen molar-refractivity contribution in [1.82, 2.24) is 41.2 Å². The van der Waals surface area contributed by atoms with E-state index < -0.39 is 0 Å². The predicted octanol–water partition coefficient (Wildman–Crippen LogP) is 3.96. The van der Waals surface area contributed by atoms with E-state index in [9.17, 15) is 10.2 Å². The molecule has 12 nitrogen and oxygen atoms in total. The number of hydrogen-bond donors (Lipinski definition) is 4. The van der Waals surface area contributed by atoms with Crippen molar-refractivity contribution in [2.45, 2.75) is 38.9 Å². The van der Waals surface area contributed by atoms with Crippen LogP contribution in [0.2, 0.25) is 0 Å². The van der Waals surface area contributed by atoms with Gasteiger partial charge in [0, 0.05) is 25.7 Å². The van der Waals surface area contributed by atoms with Crippen LogP contribution in [0.1, 0.15) is 56.2 Å². The molecule has 0 fully saturated rings. The largest absolute Gasteiger partial charge is 0.507 e. The van der Waals surface area contributed by atoms with Crippen molar-refractivity contribution in [3.63, 3.8) is 0 Å². The quantitative estimate of drug-likeness (QED) is 0.223. The standard InChI is InChI=1S/C32H28N8O4/c41-29-19-5-1-6-20(29)14-24-10-4-12-26(32(24)44-18-28-35-39-40-36-28)16-22-8-2-7-21(30(22)42)15-25-11-3-9-23(13-19)31(25)43-17-27-33-37-38-34-27/h1-12,41-42H,13-18H2,(H,33,34,37,38)(H,35,36,39,40). The maximum absolute atomic E-state index is 11.5. The summed E-state index contributed by atoms with van der Waals surface area (Å²) >= 11 is 0. The topological polar surface area (TPSA) is 168 Å². The van der Waals surface area contributed by atoms with Gasteiger partial charge in [-0.3, -0.25) is 0 Å². The fourth-order valence-electron chi connectivity index (χ4n) is 5.64. The summed E-state index contributed by atoms with van der Waals surface area (Å²) < 4.78 is 12.6. The Balaban J connectivity index is 1.35. The molecule has 0 amide bonds. The molecule has 12 heteroatoms. The summed E-state index contributed by atoms with van der Waals surface area (Å²) in [5.41, 5.74) is 6.55. The average molecular weight is 589 g/mol. The second-order valence-electron chi connectivity index (χ2n) is 10.6. The zero-order valence-corrected chi connectivity index (χ0v) is 23.6. The molecule has 2 heterocycles. The molecule has 1 aliphatic carbocycles. The van der Waals surface area contributed by atoms with Crippen LogP contribution in [0.4, 0.5) is 0 Å². The van der Waals surface area contributed by atoms with E-state index in [4.69, 9.17) is 9.47 Å². The Morgan fingerprint density at radius 2 is 0.818 bits per heavy atom. The molecule has 6 aromatic rings. The molecule has 220 valence electrons. The molecule has 0 saturated carbocycles. The summed E-state index contributed by atoms with van der Waals surface area (Å²) in [6, 6.07) is 23.4. The van der Waals surface area contributed by atoms with E-state index >= 15 is 0 Å². The van der Waals surface area contributed by atoms with E-state index in [1.807, 2.05) is 72.8 Å². The minimum atomic E-state index is 0.111. The number of fused-ring (bicyclic) bond motifs is 8. The maximum atomic E-state index is 11.5. The summed E-state index contributed by atoms with van der Waals surface area (Å²) in [5.74, 6) is 2.57. The third kappa shape index (κ3) is 5.52. The first-order chi connectivity index (χ1) is 21.6. The van der Waals surface area contributed by atoms with Gasteiger partial charge in [-0.15, -0.1) is 20.4 Å². The number of aromatic nitrogens is 8. The normalized spacial score (nSPS) is 12.5. The summed E-state index contributed by atoms with van der Waals surface area (Å²) in [7, 11) is 0. The molecule has 0 unspecified atom stereocenters. The van der Waals surface area contributed by atoms with E-state index in [1.165, 1.54) is 0 Å². The first-order valence-corrected chi connectivity index (χ1v) is 14.1. The summed E-state index contributed by atoms with van der Waals surface area (Å²) in [6.45, 7) is 0.222. The van der Waals surface area contributed by atoms with Crippen LogP contribution in [0.5, 0.6) is 23.0 Å². The van der Waals surface area contributed by atoms with E-state index in [2.05, 4.69) is 41.2 Å². The van der Waals surface area contributed by atoms with Crippen LogP contribution in [0.25, 0.3) is 0 Å². The third-order valence-electron chi connectivity index (χ3n) is 7.76. The minimum Gasteiger partial charge on any atom is -0.507 e. The number of rotatable bonds is 6. The van der Waals surface area contributed by atoms with Gasteiger partial charge < -0.3 is 19.7 Å². The molecule has 44 heavy (non-hydrogen) atoms. The van der Waals surface area contributed by atoms with Crippen molar-refractivity contribution in [2.24, 2.45) is 0 Å². The molecule has 8 bridgehead atoms. The lowest BCUT2D eigenvalue weighted by Gasteiger charge is -2.20. The van der Waals surface area contributed by atoms with Gasteiger partial charge in [-0.25, -0.2) is 0 Å². The molecule has 7 rings (SSSR count). The Morgan fingerprint density at radius 1 is 0.500 bits per heavy atom. The number of ether oxygens (including phenoxy) is 2. The Kier molecular flexibility index (Phi) is 7.29. The van der Waals surface area contributed by atoms with Crippen molar-refractivity contribution >= 4 is 0 Å². The van der Waals surface area contributed by atoms with Gasteiger partial charge >= 0.3 is 0 Å². The number of H-pyrrole nitrogens is 2. The molecular formula is C32H28N8O4. The number of nitrogens with one attached hydrogen (secondary N) is 2. The van der Waals surface area contributed by atoms with Crippen LogP contribution in [-0.2, 0) is 38.9 Å². The lowest BCUT2D eigenvalue weighted by Crippen LogP contribution is -2.07. The molecule has 1 aliphatic rings. The zero-order valence-electron chi connectivity index (χ0n) is 23.6. The van der Waals surface area contributed by atoms with Crippen molar-refractivity contribution in [2.75, 3.05) is 0 Å². The van der Waals surface area contributed by atoms with Gasteiger partial charge in [-0.05, 0) is 44.5 Å². The minimum absolute atomic E-state index is 0.111. The lowest BCUT2D eigenvalue weighted by atomic mass is 9.91. The second kappa shape index (κ2) is 11.8. The summed E-state index contributed by atoms with van der Waals surface area (Å²) in [4.78, 5) is 0. The second-order valence-corrected chi connectivity index (χ2v) is 10.6. The lowest BCUT2D eigenvalue weighted by molar-refractivity contribution is 0.290. The van der Waals surface area contributed by atoms with Gasteiger partial charge in [-0.2, -0.15) is 10.4 Å². The highest BCUT2D eigenvalue weighted by molar-refractivity contribution is 5.55. The number of benzene rings is 4. The van der Waals surface area contributed by atoms with E-state index in [-0.39, 0.29) is 24.7 Å². The number of phenols is 2. The van der Waals surface area contributed by atoms with Gasteiger partial charge in [0.15, 0.2) is 13.2 Å². The van der Waals surface area contributed by atoms with Gasteiger partial charge in [0.25, 0.3) is 0 Å². The van der Waals surface area contributed by atoms with Crippen molar-refractivity contribution in [1.29, 1.82) is 0 Å². The van der Waals surface area contributed by atoms with Crippen LogP contribution in [0, 0.1) is 0 Å². The van der Waals surface area contributed by atoms with Gasteiger partial charge in [0.2, 0.25) is 11.6 Å². The third-order valence-corrected chi connectivity index (χ3v) is 7.76. The smallest absolute Gasteiger partial charge is 0.211 e. The fraction of sp³-hybridized carbons (Fsp3) is 0.188. The van der Waals surface area contributed by atoms with Crippen molar-refractivity contribution in [3.05, 3.63) is 129 Å². The summed E-state index contributed by atoms with van der Waals surface area (Å²) in [5, 5.41) is 51.3. The van der Waals surface area contributed by atoms with Crippen LogP contribution in [-0.4, -0.2) is 51.5 Å². The van der Waals surface area contributed by atoms with Gasteiger partial charge in [0.1, 0.15) is 23.0 Å². The molecule has 4 aromatic carbocycles. The Morgan fingerprint density at radius 3 is 1.11 bits per heavy atom. The Labute approximate surface area is 251 Å². The summed E-state index contributed by atoms with van der Waals surface area (Å²) in [6.07, 6.45) is 1.68. The first kappa shape index (κ1) is 27.1. The fourth-order valence-corrected chi connectivity index (χ4v) is 5.64. The SMILES string of the molecule is Oc1c2cccc1Cc1cccc(c1OCc1nn[nH]n1)Cc1cccc(c1O)Cc1cccc(c1OCc1nn[nH]n1)C2. The molecule has 0 aliphatic heterocycles.